The Labute approximate surface area is 469 Å². The Morgan fingerprint density at radius 2 is 1.18 bits per heavy atom. The van der Waals surface area contributed by atoms with Gasteiger partial charge in [-0.1, -0.05) is 54.7 Å². The number of amides is 2. The molecule has 2 aliphatic heterocycles. The fourth-order valence-corrected chi connectivity index (χ4v) is 12.7. The van der Waals surface area contributed by atoms with Gasteiger partial charge in [-0.2, -0.15) is 0 Å². The van der Waals surface area contributed by atoms with Gasteiger partial charge in [0.1, 0.15) is 23.7 Å². The first kappa shape index (κ1) is 57.7. The third-order valence-electron chi connectivity index (χ3n) is 14.2. The number of aromatic nitrogens is 2. The van der Waals surface area contributed by atoms with E-state index in [1.807, 2.05) is 31.2 Å². The number of hydrogen-bond acceptors (Lipinski definition) is 12. The minimum absolute atomic E-state index is 0. The molecule has 2 atom stereocenters. The van der Waals surface area contributed by atoms with Crippen LogP contribution in [0.4, 0.5) is 0 Å². The summed E-state index contributed by atoms with van der Waals surface area (Å²) in [6, 6.07) is 19.6. The van der Waals surface area contributed by atoms with E-state index in [-0.39, 0.29) is 84.9 Å². The molecule has 3 aliphatic rings. The van der Waals surface area contributed by atoms with Gasteiger partial charge in [0, 0.05) is 109 Å². The number of halogens is 3. The number of fused-ring (bicyclic) bond motifs is 2. The number of rotatable bonds is 18. The van der Waals surface area contributed by atoms with Gasteiger partial charge >= 0.3 is 0 Å². The molecule has 77 heavy (non-hydrogen) atoms. The van der Waals surface area contributed by atoms with E-state index in [1.54, 1.807) is 18.2 Å². The smallest absolute Gasteiger partial charge is 0.255 e. The summed E-state index contributed by atoms with van der Waals surface area (Å²) < 4.78 is 61.6. The van der Waals surface area contributed by atoms with Crippen LogP contribution in [0.5, 0.6) is 11.5 Å². The van der Waals surface area contributed by atoms with Crippen molar-refractivity contribution in [2.45, 2.75) is 81.3 Å². The molecule has 420 valence electrons. The van der Waals surface area contributed by atoms with Gasteiger partial charge in [0.05, 0.1) is 36.7 Å². The highest BCUT2D eigenvalue weighted by atomic mass is 35.5. The molecule has 16 nitrogen and oxygen atoms in total. The summed E-state index contributed by atoms with van der Waals surface area (Å²) in [5.41, 5.74) is 0.784. The summed E-state index contributed by atoms with van der Waals surface area (Å²) in [5, 5.41) is 8.81. The lowest BCUT2D eigenvalue weighted by Crippen LogP contribution is -2.42. The molecule has 0 bridgehead atoms. The zero-order valence-corrected chi connectivity index (χ0v) is 47.4. The zero-order chi connectivity index (χ0) is 55.2. The molecule has 0 unspecified atom stereocenters. The molecule has 1 aliphatic carbocycles. The van der Waals surface area contributed by atoms with E-state index in [4.69, 9.17) is 44.3 Å². The number of benzene rings is 4. The Kier molecular flexibility index (Phi) is 18.8. The minimum atomic E-state index is -3.48. The highest BCUT2D eigenvalue weighted by Crippen LogP contribution is 2.33. The second-order valence-electron chi connectivity index (χ2n) is 20.8. The highest BCUT2D eigenvalue weighted by molar-refractivity contribution is 7.91. The van der Waals surface area contributed by atoms with Crippen molar-refractivity contribution in [2.24, 2.45) is 17.8 Å². The Morgan fingerprint density at radius 3 is 1.74 bits per heavy atom. The van der Waals surface area contributed by atoms with Gasteiger partial charge < -0.3 is 39.9 Å². The van der Waals surface area contributed by atoms with Crippen LogP contribution in [0.3, 0.4) is 0 Å². The molecule has 0 radical (unpaired) electrons. The van der Waals surface area contributed by atoms with Gasteiger partial charge in [0.15, 0.2) is 19.7 Å². The van der Waals surface area contributed by atoms with Crippen LogP contribution >= 0.6 is 34.8 Å². The molecule has 4 aromatic carbocycles. The molecular formula is C56H73Cl3N6O10S2. The van der Waals surface area contributed by atoms with Gasteiger partial charge in [0.2, 0.25) is 0 Å². The number of nitrogens with zero attached hydrogens (tertiary/aromatic N) is 2. The first-order valence-electron chi connectivity index (χ1n) is 25.9. The van der Waals surface area contributed by atoms with Gasteiger partial charge in [-0.3, -0.25) is 19.2 Å². The van der Waals surface area contributed by atoms with E-state index in [0.717, 1.165) is 101 Å². The number of ether oxygens (including phenoxy) is 2. The van der Waals surface area contributed by atoms with Crippen molar-refractivity contribution in [2.75, 3.05) is 64.4 Å². The van der Waals surface area contributed by atoms with Crippen LogP contribution in [0.1, 0.15) is 84.4 Å². The number of pyridine rings is 2. The largest absolute Gasteiger partial charge is 0.490 e. The first-order chi connectivity index (χ1) is 36.6. The van der Waals surface area contributed by atoms with E-state index < -0.39 is 25.2 Å². The van der Waals surface area contributed by atoms with E-state index in [0.29, 0.717) is 44.5 Å². The fraction of sp³-hybridized carbons (Fsp3) is 0.429. The second kappa shape index (κ2) is 25.1. The summed E-state index contributed by atoms with van der Waals surface area (Å²) in [6.07, 6.45) is 9.56. The lowest BCUT2D eigenvalue weighted by Gasteiger charge is -2.34. The Morgan fingerprint density at radius 1 is 0.649 bits per heavy atom. The predicted octanol–water partition coefficient (Wildman–Crippen LogP) is 9.71. The summed E-state index contributed by atoms with van der Waals surface area (Å²) in [6.45, 7) is 12.3. The number of aromatic amines is 2. The molecule has 1 saturated carbocycles. The van der Waals surface area contributed by atoms with Crippen LogP contribution in [0.15, 0.2) is 105 Å². The molecular weight excluding hydrogens is 1090 g/mol. The summed E-state index contributed by atoms with van der Waals surface area (Å²) in [7, 11) is -6.95. The van der Waals surface area contributed by atoms with Crippen LogP contribution in [0, 0.1) is 24.7 Å². The first-order valence-corrected chi connectivity index (χ1v) is 30.6. The Hall–Kier alpha value is -5.47. The number of sulfone groups is 2. The maximum Gasteiger partial charge on any atom is 0.255 e. The van der Waals surface area contributed by atoms with Crippen molar-refractivity contribution < 1.29 is 41.6 Å². The van der Waals surface area contributed by atoms with Gasteiger partial charge in [-0.05, 0) is 129 Å². The lowest BCUT2D eigenvalue weighted by molar-refractivity contribution is 0.0878. The monoisotopic (exact) mass is 1160 g/mol. The Balaban J connectivity index is 0.000000333. The molecule has 21 heteroatoms. The van der Waals surface area contributed by atoms with Crippen molar-refractivity contribution >= 4 is 87.8 Å². The molecule has 4 N–H and O–H groups in total. The number of piperidine rings is 2. The zero-order valence-electron chi connectivity index (χ0n) is 43.5. The molecule has 2 aromatic heterocycles. The topological polar surface area (TPSA) is 217 Å². The summed E-state index contributed by atoms with van der Waals surface area (Å²) in [4.78, 5) is 60.8. The number of carbonyl (C=O) groups excluding carboxylic acids is 2. The van der Waals surface area contributed by atoms with Crippen LogP contribution in [-0.4, -0.2) is 125 Å². The minimum Gasteiger partial charge on any atom is -0.490 e. The fourth-order valence-electron chi connectivity index (χ4n) is 9.79. The second-order valence-corrected chi connectivity index (χ2v) is 26.1. The highest BCUT2D eigenvalue weighted by Gasteiger charge is 2.30. The Bertz CT molecular complexity index is 3510. The number of hydrogen-bond donors (Lipinski definition) is 4. The molecule has 4 heterocycles. The number of nitrogens with one attached hydrogen (secondary N) is 4. The van der Waals surface area contributed by atoms with Crippen molar-refractivity contribution in [1.82, 2.24) is 30.4 Å². The van der Waals surface area contributed by atoms with Gasteiger partial charge in [-0.25, -0.2) is 16.8 Å². The summed E-state index contributed by atoms with van der Waals surface area (Å²) >= 11 is 18.1. The van der Waals surface area contributed by atoms with Gasteiger partial charge in [-0.15, -0.1) is 0 Å². The van der Waals surface area contributed by atoms with Gasteiger partial charge in [0.25, 0.3) is 22.9 Å². The summed E-state index contributed by atoms with van der Waals surface area (Å²) in [5.74, 6) is 1.61. The molecule has 6 aromatic rings. The van der Waals surface area contributed by atoms with Crippen molar-refractivity contribution in [3.05, 3.63) is 138 Å². The third kappa shape index (κ3) is 15.4. The predicted molar refractivity (Wildman–Crippen MR) is 311 cm³/mol. The maximum atomic E-state index is 13.1. The third-order valence-corrected chi connectivity index (χ3v) is 18.2. The maximum absolute atomic E-state index is 13.1. The van der Waals surface area contributed by atoms with Crippen molar-refractivity contribution in [3.63, 3.8) is 0 Å². The van der Waals surface area contributed by atoms with Crippen molar-refractivity contribution in [1.29, 1.82) is 0 Å². The molecule has 3 fully saturated rings. The van der Waals surface area contributed by atoms with Crippen LogP contribution in [0.25, 0.3) is 21.5 Å². The van der Waals surface area contributed by atoms with E-state index in [2.05, 4.69) is 44.2 Å². The average molecular weight is 1160 g/mol. The van der Waals surface area contributed by atoms with Crippen molar-refractivity contribution in [3.8, 4) is 11.5 Å². The molecule has 2 amide bonds. The molecule has 0 spiro atoms. The van der Waals surface area contributed by atoms with E-state index in [1.165, 1.54) is 42.7 Å². The van der Waals surface area contributed by atoms with Crippen LogP contribution < -0.4 is 31.2 Å². The number of aryl methyl sites for hydroxylation is 1. The lowest BCUT2D eigenvalue weighted by atomic mass is 10.0. The quantitative estimate of drug-likeness (QED) is 0.0633. The van der Waals surface area contributed by atoms with Crippen LogP contribution in [0.2, 0.25) is 15.1 Å². The molecule has 2 saturated heterocycles. The number of likely N-dealkylation sites (tertiary alicyclic amines) is 2. The standard InChI is InChI=1S/C29H33Cl2N3O5S.C27H32ClN3O5S.4H2/c1-18(16-34-10-8-20(9-11-34)39-21-4-7-26(30)27(31)12-21)14-32-29(36)25-15-33-28(35)24-13-22(5-6-23(24)25)40(37,38)17-19-2-3-19;1-17(16-31-10-8-20(9-11-31)36-25-7-4-19(28)12-18(25)2)14-29-27(33)24-15-30-26(32)22-6-5-21(13-23(22)24)37(3,34)35;;;;/h4-7,12-13,15,18-20H,2-3,8-11,14,16-17H2,1H3,(H,32,36)(H,33,35);4-7,12-13,15,17,20H,8-11,14,16H2,1-3H3,(H,29,33)(H,30,32);4*1H/t18-;17-;;;;/m11..../s1. The normalized spacial score (nSPS) is 16.8. The number of carbonyl (C=O) groups is 2. The number of H-pyrrole nitrogens is 2. The SMILES string of the molecule is C[C@H](CNC(=O)c1c[nH]c(=O)c2cc(S(=O)(=O)CC3CC3)ccc12)CN1CCC(Oc2ccc(Cl)c(Cl)c2)CC1.Cc1cc(Cl)ccc1OC1CCN(C[C@H](C)CNC(=O)c2c[nH]c(=O)c3ccc(S(C)(=O)=O)cc23)CC1.[HH].[HH].[HH].[HH]. The average Bonchev–Trinajstić information content (AvgIpc) is 4.34. The van der Waals surface area contributed by atoms with Crippen LogP contribution in [-0.2, 0) is 19.7 Å². The molecule has 9 rings (SSSR count). The van der Waals surface area contributed by atoms with E-state index in [9.17, 15) is 36.0 Å². The van der Waals surface area contributed by atoms with E-state index >= 15 is 0 Å².